The lowest BCUT2D eigenvalue weighted by Crippen LogP contribution is -2.49. The molecule has 0 aliphatic carbocycles. The molecular weight excluding hydrogens is 262 g/mol. The van der Waals surface area contributed by atoms with Gasteiger partial charge < -0.3 is 4.74 Å². The van der Waals surface area contributed by atoms with Crippen molar-refractivity contribution < 1.29 is 9.53 Å². The van der Waals surface area contributed by atoms with Crippen molar-refractivity contribution in [2.24, 2.45) is 5.92 Å². The highest BCUT2D eigenvalue weighted by Gasteiger charge is 2.33. The van der Waals surface area contributed by atoms with E-state index in [0.717, 1.165) is 5.56 Å². The van der Waals surface area contributed by atoms with Crippen LogP contribution in [-0.2, 0) is 16.0 Å². The van der Waals surface area contributed by atoms with E-state index in [9.17, 15) is 4.79 Å². The number of fused-ring (bicyclic) bond motifs is 1. The number of ether oxygens (including phenoxy) is 1. The first kappa shape index (κ1) is 14.6. The SMILES string of the molecule is O=C(Cc1ccccc1)OCC1CCCN2CCCCC12. The fourth-order valence-corrected chi connectivity index (χ4v) is 3.79. The van der Waals surface area contributed by atoms with Gasteiger partial charge in [0.15, 0.2) is 0 Å². The van der Waals surface area contributed by atoms with Gasteiger partial charge in [0.2, 0.25) is 0 Å². The predicted molar refractivity (Wildman–Crippen MR) is 83.0 cm³/mol. The molecule has 0 spiro atoms. The zero-order valence-corrected chi connectivity index (χ0v) is 12.7. The van der Waals surface area contributed by atoms with Crippen LogP contribution in [0.25, 0.3) is 0 Å². The van der Waals surface area contributed by atoms with Gasteiger partial charge in [0.05, 0.1) is 13.0 Å². The number of nitrogens with zero attached hydrogens (tertiary/aromatic N) is 1. The Kier molecular flexibility index (Phi) is 4.91. The molecule has 0 bridgehead atoms. The number of carbonyl (C=O) groups excluding carboxylic acids is 1. The summed E-state index contributed by atoms with van der Waals surface area (Å²) in [5.74, 6) is 0.452. The topological polar surface area (TPSA) is 29.5 Å². The highest BCUT2D eigenvalue weighted by Crippen LogP contribution is 2.31. The standard InChI is InChI=1S/C18H25NO2/c20-18(13-15-7-2-1-3-8-15)21-14-16-9-6-12-19-11-5-4-10-17(16)19/h1-3,7-8,16-17H,4-6,9-14H2. The largest absolute Gasteiger partial charge is 0.465 e. The van der Waals surface area contributed by atoms with Crippen LogP contribution in [0.4, 0.5) is 0 Å². The first-order chi connectivity index (χ1) is 10.3. The second-order valence-electron chi connectivity index (χ2n) is 6.35. The van der Waals surface area contributed by atoms with E-state index < -0.39 is 0 Å². The van der Waals surface area contributed by atoms with Gasteiger partial charge in [-0.15, -0.1) is 0 Å². The molecule has 1 aromatic carbocycles. The van der Waals surface area contributed by atoms with E-state index in [1.165, 1.54) is 45.2 Å². The van der Waals surface area contributed by atoms with Gasteiger partial charge in [-0.2, -0.15) is 0 Å². The summed E-state index contributed by atoms with van der Waals surface area (Å²) in [5.41, 5.74) is 1.03. The highest BCUT2D eigenvalue weighted by atomic mass is 16.5. The monoisotopic (exact) mass is 287 g/mol. The van der Waals surface area contributed by atoms with Crippen LogP contribution in [0.3, 0.4) is 0 Å². The minimum Gasteiger partial charge on any atom is -0.465 e. The van der Waals surface area contributed by atoms with Crippen molar-refractivity contribution in [2.75, 3.05) is 19.7 Å². The summed E-state index contributed by atoms with van der Waals surface area (Å²) in [4.78, 5) is 14.6. The van der Waals surface area contributed by atoms with Gasteiger partial charge in [0.1, 0.15) is 0 Å². The number of hydrogen-bond donors (Lipinski definition) is 0. The molecule has 2 fully saturated rings. The van der Waals surface area contributed by atoms with Crippen LogP contribution in [0.1, 0.15) is 37.7 Å². The molecule has 3 heteroatoms. The molecule has 21 heavy (non-hydrogen) atoms. The summed E-state index contributed by atoms with van der Waals surface area (Å²) in [6.07, 6.45) is 6.78. The smallest absolute Gasteiger partial charge is 0.310 e. The van der Waals surface area contributed by atoms with Crippen molar-refractivity contribution in [1.82, 2.24) is 4.90 Å². The van der Waals surface area contributed by atoms with Crippen LogP contribution < -0.4 is 0 Å². The van der Waals surface area contributed by atoms with E-state index in [1.54, 1.807) is 0 Å². The molecule has 3 rings (SSSR count). The molecule has 2 saturated heterocycles. The minimum atomic E-state index is -0.0888. The Balaban J connectivity index is 1.48. The molecule has 114 valence electrons. The normalized spacial score (nSPS) is 26.1. The van der Waals surface area contributed by atoms with Crippen molar-refractivity contribution in [3.63, 3.8) is 0 Å². The second-order valence-corrected chi connectivity index (χ2v) is 6.35. The van der Waals surface area contributed by atoms with Gasteiger partial charge >= 0.3 is 5.97 Å². The van der Waals surface area contributed by atoms with Gasteiger partial charge in [-0.25, -0.2) is 0 Å². The molecule has 0 amide bonds. The minimum absolute atomic E-state index is 0.0888. The van der Waals surface area contributed by atoms with Crippen molar-refractivity contribution in [1.29, 1.82) is 0 Å². The number of hydrogen-bond acceptors (Lipinski definition) is 3. The molecule has 0 aromatic heterocycles. The Hall–Kier alpha value is -1.35. The van der Waals surface area contributed by atoms with E-state index in [-0.39, 0.29) is 5.97 Å². The van der Waals surface area contributed by atoms with Crippen LogP contribution in [0.15, 0.2) is 30.3 Å². The van der Waals surface area contributed by atoms with Crippen molar-refractivity contribution in [3.05, 3.63) is 35.9 Å². The number of piperidine rings is 2. The van der Waals surface area contributed by atoms with E-state index >= 15 is 0 Å². The molecule has 0 N–H and O–H groups in total. The lowest BCUT2D eigenvalue weighted by molar-refractivity contribution is -0.145. The summed E-state index contributed by atoms with van der Waals surface area (Å²) in [7, 11) is 0. The summed E-state index contributed by atoms with van der Waals surface area (Å²) in [6, 6.07) is 10.5. The highest BCUT2D eigenvalue weighted by molar-refractivity contribution is 5.72. The van der Waals surface area contributed by atoms with Gasteiger partial charge in [-0.1, -0.05) is 36.8 Å². The van der Waals surface area contributed by atoms with Crippen LogP contribution in [-0.4, -0.2) is 36.6 Å². The predicted octanol–water partition coefficient (Wildman–Crippen LogP) is 3.04. The first-order valence-electron chi connectivity index (χ1n) is 8.26. The van der Waals surface area contributed by atoms with Gasteiger partial charge in [0.25, 0.3) is 0 Å². The molecule has 3 nitrogen and oxygen atoms in total. The van der Waals surface area contributed by atoms with Gasteiger partial charge in [-0.05, 0) is 44.3 Å². The Labute approximate surface area is 127 Å². The Morgan fingerprint density at radius 1 is 1.10 bits per heavy atom. The third kappa shape index (κ3) is 3.85. The molecule has 2 aliphatic rings. The van der Waals surface area contributed by atoms with E-state index in [4.69, 9.17) is 4.74 Å². The second kappa shape index (κ2) is 7.08. The summed E-state index contributed by atoms with van der Waals surface area (Å²) in [6.45, 7) is 3.07. The maximum Gasteiger partial charge on any atom is 0.310 e. The zero-order valence-electron chi connectivity index (χ0n) is 12.7. The van der Waals surface area contributed by atoms with Crippen molar-refractivity contribution in [3.8, 4) is 0 Å². The van der Waals surface area contributed by atoms with Crippen molar-refractivity contribution in [2.45, 2.75) is 44.6 Å². The third-order valence-corrected chi connectivity index (χ3v) is 4.88. The van der Waals surface area contributed by atoms with Crippen LogP contribution in [0, 0.1) is 5.92 Å². The Morgan fingerprint density at radius 2 is 1.90 bits per heavy atom. The zero-order chi connectivity index (χ0) is 14.5. The molecule has 2 atom stereocenters. The molecule has 2 heterocycles. The summed E-state index contributed by atoms with van der Waals surface area (Å²) in [5, 5.41) is 0. The lowest BCUT2D eigenvalue weighted by atomic mass is 9.84. The molecule has 0 saturated carbocycles. The van der Waals surface area contributed by atoms with Crippen molar-refractivity contribution >= 4 is 5.97 Å². The van der Waals surface area contributed by atoms with Gasteiger partial charge in [0, 0.05) is 12.0 Å². The number of esters is 1. The lowest BCUT2D eigenvalue weighted by Gasteiger charge is -2.44. The van der Waals surface area contributed by atoms with E-state index in [0.29, 0.717) is 25.0 Å². The fourth-order valence-electron chi connectivity index (χ4n) is 3.79. The summed E-state index contributed by atoms with van der Waals surface area (Å²) >= 11 is 0. The molecule has 2 unspecified atom stereocenters. The molecule has 0 radical (unpaired) electrons. The average Bonchev–Trinajstić information content (AvgIpc) is 2.54. The number of rotatable bonds is 4. The molecule has 1 aromatic rings. The maximum atomic E-state index is 12.0. The fraction of sp³-hybridized carbons (Fsp3) is 0.611. The van der Waals surface area contributed by atoms with Crippen LogP contribution in [0.2, 0.25) is 0 Å². The summed E-state index contributed by atoms with van der Waals surface area (Å²) < 4.78 is 5.57. The van der Waals surface area contributed by atoms with Gasteiger partial charge in [-0.3, -0.25) is 9.69 Å². The molecule has 2 aliphatic heterocycles. The van der Waals surface area contributed by atoms with Crippen LogP contribution >= 0.6 is 0 Å². The third-order valence-electron chi connectivity index (χ3n) is 4.88. The Morgan fingerprint density at radius 3 is 2.76 bits per heavy atom. The van der Waals surface area contributed by atoms with E-state index in [1.807, 2.05) is 30.3 Å². The maximum absolute atomic E-state index is 12.0. The van der Waals surface area contributed by atoms with Crippen LogP contribution in [0.5, 0.6) is 0 Å². The number of carbonyl (C=O) groups is 1. The molecular formula is C18H25NO2. The number of benzene rings is 1. The van der Waals surface area contributed by atoms with E-state index in [2.05, 4.69) is 4.90 Å². The quantitative estimate of drug-likeness (QED) is 0.797. The average molecular weight is 287 g/mol. The Bertz CT molecular complexity index is 458. The first-order valence-corrected chi connectivity index (χ1v) is 8.26.